The number of carbonyl (C=O) groups is 2. The number of carbonyl (C=O) groups excluding carboxylic acids is 2. The van der Waals surface area contributed by atoms with Crippen LogP contribution in [0.15, 0.2) is 24.3 Å². The van der Waals surface area contributed by atoms with Gasteiger partial charge >= 0.3 is 0 Å². The summed E-state index contributed by atoms with van der Waals surface area (Å²) in [6, 6.07) is 5.33. The molecule has 18 heavy (non-hydrogen) atoms. The number of amides is 2. The molecular formula is C13H15FN2O2. The highest BCUT2D eigenvalue weighted by atomic mass is 19.1. The molecule has 1 atom stereocenters. The maximum Gasteiger partial charge on any atom is 0.249 e. The molecule has 96 valence electrons. The number of hydrogen-bond acceptors (Lipinski definition) is 2. The van der Waals surface area contributed by atoms with Crippen molar-refractivity contribution in [1.29, 1.82) is 0 Å². The van der Waals surface area contributed by atoms with Crippen molar-refractivity contribution in [3.63, 3.8) is 0 Å². The van der Waals surface area contributed by atoms with E-state index >= 15 is 0 Å². The highest BCUT2D eigenvalue weighted by molar-refractivity contribution is 6.01. The number of hydrogen-bond donors (Lipinski definition) is 1. The molecule has 1 saturated heterocycles. The molecule has 1 unspecified atom stereocenters. The molecule has 1 fully saturated rings. The SMILES string of the molecule is CCC1NC(=O)CCN(c2cccc(F)c2)C1=O. The second-order valence-electron chi connectivity index (χ2n) is 4.25. The molecule has 1 N–H and O–H groups in total. The zero-order chi connectivity index (χ0) is 13.1. The summed E-state index contributed by atoms with van der Waals surface area (Å²) in [5.74, 6) is -0.722. The van der Waals surface area contributed by atoms with Crippen LogP contribution in [0.25, 0.3) is 0 Å². The average Bonchev–Trinajstić information content (AvgIpc) is 2.49. The third-order valence-electron chi connectivity index (χ3n) is 2.99. The first-order chi connectivity index (χ1) is 8.61. The van der Waals surface area contributed by atoms with Crippen molar-refractivity contribution in [2.75, 3.05) is 11.4 Å². The van der Waals surface area contributed by atoms with Crippen molar-refractivity contribution in [3.8, 4) is 0 Å². The van der Waals surface area contributed by atoms with E-state index in [0.29, 0.717) is 12.1 Å². The highest BCUT2D eigenvalue weighted by Gasteiger charge is 2.29. The molecule has 0 spiro atoms. The third-order valence-corrected chi connectivity index (χ3v) is 2.99. The fraction of sp³-hybridized carbons (Fsp3) is 0.385. The van der Waals surface area contributed by atoms with Crippen molar-refractivity contribution in [1.82, 2.24) is 5.32 Å². The molecule has 1 aliphatic rings. The van der Waals surface area contributed by atoms with Gasteiger partial charge in [0.1, 0.15) is 11.9 Å². The molecule has 4 nitrogen and oxygen atoms in total. The Kier molecular flexibility index (Phi) is 3.60. The maximum absolute atomic E-state index is 13.2. The second kappa shape index (κ2) is 5.16. The lowest BCUT2D eigenvalue weighted by Gasteiger charge is -2.23. The van der Waals surface area contributed by atoms with Gasteiger partial charge in [0.2, 0.25) is 11.8 Å². The normalized spacial score (nSPS) is 20.6. The van der Waals surface area contributed by atoms with Crippen molar-refractivity contribution in [2.45, 2.75) is 25.8 Å². The van der Waals surface area contributed by atoms with E-state index in [-0.39, 0.29) is 24.8 Å². The van der Waals surface area contributed by atoms with E-state index in [9.17, 15) is 14.0 Å². The second-order valence-corrected chi connectivity index (χ2v) is 4.25. The zero-order valence-corrected chi connectivity index (χ0v) is 10.1. The van der Waals surface area contributed by atoms with E-state index in [0.717, 1.165) is 0 Å². The molecule has 1 aromatic carbocycles. The first kappa shape index (κ1) is 12.5. The Bertz CT molecular complexity index is 476. The van der Waals surface area contributed by atoms with Gasteiger partial charge in [0.25, 0.3) is 0 Å². The summed E-state index contributed by atoms with van der Waals surface area (Å²) in [6.07, 6.45) is 0.759. The van der Waals surface area contributed by atoms with E-state index < -0.39 is 11.9 Å². The Balaban J connectivity index is 2.30. The summed E-state index contributed by atoms with van der Waals surface area (Å²) in [4.78, 5) is 25.2. The smallest absolute Gasteiger partial charge is 0.249 e. The van der Waals surface area contributed by atoms with Gasteiger partial charge in [-0.2, -0.15) is 0 Å². The van der Waals surface area contributed by atoms with Gasteiger partial charge in [-0.05, 0) is 24.6 Å². The minimum absolute atomic E-state index is 0.144. The Labute approximate surface area is 105 Å². The minimum Gasteiger partial charge on any atom is -0.344 e. The predicted octanol–water partition coefficient (Wildman–Crippen LogP) is 1.46. The summed E-state index contributed by atoms with van der Waals surface area (Å²) >= 11 is 0. The molecule has 1 aromatic rings. The van der Waals surface area contributed by atoms with Gasteiger partial charge in [-0.1, -0.05) is 13.0 Å². The van der Waals surface area contributed by atoms with Gasteiger partial charge in [0.05, 0.1) is 0 Å². The lowest BCUT2D eigenvalue weighted by atomic mass is 10.2. The van der Waals surface area contributed by atoms with Crippen LogP contribution in [0.5, 0.6) is 0 Å². The molecule has 0 aromatic heterocycles. The largest absolute Gasteiger partial charge is 0.344 e. The fourth-order valence-corrected chi connectivity index (χ4v) is 2.02. The monoisotopic (exact) mass is 250 g/mol. The van der Waals surface area contributed by atoms with Crippen LogP contribution in [0.4, 0.5) is 10.1 Å². The minimum atomic E-state index is -0.525. The van der Waals surface area contributed by atoms with Gasteiger partial charge in [-0.15, -0.1) is 0 Å². The number of benzene rings is 1. The lowest BCUT2D eigenvalue weighted by Crippen LogP contribution is -2.44. The van der Waals surface area contributed by atoms with Gasteiger partial charge < -0.3 is 10.2 Å². The van der Waals surface area contributed by atoms with Crippen LogP contribution in [-0.4, -0.2) is 24.4 Å². The van der Waals surface area contributed by atoms with Gasteiger partial charge in [-0.3, -0.25) is 9.59 Å². The quantitative estimate of drug-likeness (QED) is 0.863. The molecule has 0 aliphatic carbocycles. The standard InChI is InChI=1S/C13H15FN2O2/c1-2-11-13(18)16(7-6-12(17)15-11)10-5-3-4-9(14)8-10/h3-5,8,11H,2,6-7H2,1H3,(H,15,17). The van der Waals surface area contributed by atoms with Crippen LogP contribution in [0.3, 0.4) is 0 Å². The molecule has 0 saturated carbocycles. The topological polar surface area (TPSA) is 49.4 Å². The summed E-state index contributed by atoms with van der Waals surface area (Å²) in [7, 11) is 0. The van der Waals surface area contributed by atoms with Crippen molar-refractivity contribution in [2.24, 2.45) is 0 Å². The average molecular weight is 250 g/mol. The maximum atomic E-state index is 13.2. The van der Waals surface area contributed by atoms with Crippen LogP contribution in [0, 0.1) is 5.82 Å². The number of anilines is 1. The van der Waals surface area contributed by atoms with Crippen LogP contribution in [-0.2, 0) is 9.59 Å². The van der Waals surface area contributed by atoms with Gasteiger partial charge in [-0.25, -0.2) is 4.39 Å². The molecular weight excluding hydrogens is 235 g/mol. The highest BCUT2D eigenvalue weighted by Crippen LogP contribution is 2.19. The summed E-state index contributed by atoms with van der Waals surface area (Å²) in [5.41, 5.74) is 0.495. The number of halogens is 1. The van der Waals surface area contributed by atoms with Gasteiger partial charge in [0.15, 0.2) is 0 Å². The Morgan fingerprint density at radius 2 is 2.22 bits per heavy atom. The Morgan fingerprint density at radius 3 is 2.89 bits per heavy atom. The fourth-order valence-electron chi connectivity index (χ4n) is 2.02. The van der Waals surface area contributed by atoms with Crippen LogP contribution < -0.4 is 10.2 Å². The molecule has 5 heteroatoms. The van der Waals surface area contributed by atoms with Crippen molar-refractivity contribution in [3.05, 3.63) is 30.1 Å². The third kappa shape index (κ3) is 2.50. The van der Waals surface area contributed by atoms with E-state index in [1.807, 2.05) is 6.92 Å². The first-order valence-electron chi connectivity index (χ1n) is 5.98. The van der Waals surface area contributed by atoms with Crippen LogP contribution in [0.2, 0.25) is 0 Å². The zero-order valence-electron chi connectivity index (χ0n) is 10.1. The number of rotatable bonds is 2. The Morgan fingerprint density at radius 1 is 1.44 bits per heavy atom. The predicted molar refractivity (Wildman–Crippen MR) is 65.6 cm³/mol. The number of nitrogens with one attached hydrogen (secondary N) is 1. The van der Waals surface area contributed by atoms with Gasteiger partial charge in [0, 0.05) is 18.7 Å². The summed E-state index contributed by atoms with van der Waals surface area (Å²) < 4.78 is 13.2. The first-order valence-corrected chi connectivity index (χ1v) is 5.98. The molecule has 0 bridgehead atoms. The molecule has 1 heterocycles. The lowest BCUT2D eigenvalue weighted by molar-refractivity contribution is -0.125. The Hall–Kier alpha value is -1.91. The van der Waals surface area contributed by atoms with Crippen LogP contribution in [0.1, 0.15) is 19.8 Å². The van der Waals surface area contributed by atoms with Crippen molar-refractivity contribution >= 4 is 17.5 Å². The summed E-state index contributed by atoms with van der Waals surface area (Å²) in [6.45, 7) is 2.11. The van der Waals surface area contributed by atoms with Crippen LogP contribution >= 0.6 is 0 Å². The van der Waals surface area contributed by atoms with E-state index in [2.05, 4.69) is 5.32 Å². The van der Waals surface area contributed by atoms with E-state index in [4.69, 9.17) is 0 Å². The molecule has 2 rings (SSSR count). The molecule has 0 radical (unpaired) electrons. The number of nitrogens with zero attached hydrogens (tertiary/aromatic N) is 1. The van der Waals surface area contributed by atoms with E-state index in [1.54, 1.807) is 12.1 Å². The van der Waals surface area contributed by atoms with E-state index in [1.165, 1.54) is 17.0 Å². The summed E-state index contributed by atoms with van der Waals surface area (Å²) in [5, 5.41) is 2.67. The molecule has 1 aliphatic heterocycles. The molecule has 2 amide bonds. The van der Waals surface area contributed by atoms with Crippen molar-refractivity contribution < 1.29 is 14.0 Å².